The smallest absolute Gasteiger partial charge is 0.335 e. The van der Waals surface area contributed by atoms with E-state index in [9.17, 15) is 14.7 Å². The Morgan fingerprint density at radius 2 is 1.77 bits per heavy atom. The van der Waals surface area contributed by atoms with Crippen molar-refractivity contribution < 1.29 is 24.3 Å². The van der Waals surface area contributed by atoms with Gasteiger partial charge in [-0.2, -0.15) is 0 Å². The van der Waals surface area contributed by atoms with Crippen LogP contribution in [0.25, 0.3) is 27.8 Å². The fraction of sp³-hybridized carbons (Fsp3) is 0.286. The molecule has 1 fully saturated rings. The molecule has 1 amide bonds. The molecule has 3 aromatic heterocycles. The van der Waals surface area contributed by atoms with E-state index in [4.69, 9.17) is 15.1 Å². The molecule has 40 heavy (non-hydrogen) atoms. The van der Waals surface area contributed by atoms with Crippen LogP contribution in [-0.4, -0.2) is 67.3 Å². The molecule has 0 radical (unpaired) electrons. The number of carboxylic acid groups (broad SMARTS) is 1. The number of carboxylic acids is 1. The highest BCUT2D eigenvalue weighted by Crippen LogP contribution is 2.39. The molecule has 1 aromatic carbocycles. The maximum Gasteiger partial charge on any atom is 0.335 e. The number of aromatic nitrogens is 3. The number of benzene rings is 1. The van der Waals surface area contributed by atoms with Crippen molar-refractivity contribution in [3.05, 3.63) is 77.3 Å². The van der Waals surface area contributed by atoms with Gasteiger partial charge in [-0.15, -0.1) is 4.91 Å². The fourth-order valence-electron chi connectivity index (χ4n) is 4.98. The van der Waals surface area contributed by atoms with E-state index < -0.39 is 5.97 Å². The number of anilines is 1. The highest BCUT2D eigenvalue weighted by Gasteiger charge is 2.31. The van der Waals surface area contributed by atoms with E-state index in [1.807, 2.05) is 24.8 Å². The molecule has 0 spiro atoms. The third kappa shape index (κ3) is 5.46. The van der Waals surface area contributed by atoms with E-state index in [0.29, 0.717) is 42.4 Å². The van der Waals surface area contributed by atoms with Gasteiger partial charge in [0, 0.05) is 61.3 Å². The molecule has 0 saturated carbocycles. The van der Waals surface area contributed by atoms with Gasteiger partial charge in [-0.25, -0.2) is 19.2 Å². The second-order valence-electron chi connectivity index (χ2n) is 9.69. The Balaban J connectivity index is 0.00000118. The molecule has 4 heterocycles. The average Bonchev–Trinajstić information content (AvgIpc) is 3.33. The number of carbonyl (C=O) groups is 2. The molecule has 0 bridgehead atoms. The summed E-state index contributed by atoms with van der Waals surface area (Å²) < 4.78 is 16.8. The zero-order valence-electron chi connectivity index (χ0n) is 22.2. The van der Waals surface area contributed by atoms with Crippen LogP contribution in [0, 0.1) is 16.6 Å². The zero-order valence-corrected chi connectivity index (χ0v) is 22.2. The molecule has 1 saturated heterocycles. The van der Waals surface area contributed by atoms with Gasteiger partial charge < -0.3 is 24.7 Å². The molecule has 1 aliphatic rings. The van der Waals surface area contributed by atoms with E-state index in [1.54, 1.807) is 35.2 Å². The summed E-state index contributed by atoms with van der Waals surface area (Å²) in [7, 11) is 0. The Bertz CT molecular complexity index is 1560. The number of carbonyl (C=O) groups excluding carboxylic acids is 1. The molecule has 1 unspecified atom stereocenters. The van der Waals surface area contributed by atoms with E-state index in [1.165, 1.54) is 29.7 Å². The molecule has 0 aliphatic carbocycles. The van der Waals surface area contributed by atoms with Crippen molar-refractivity contribution in [1.82, 2.24) is 19.4 Å². The van der Waals surface area contributed by atoms with Crippen molar-refractivity contribution >= 4 is 28.6 Å². The first-order chi connectivity index (χ1) is 19.2. The number of piperazine rings is 1. The van der Waals surface area contributed by atoms with E-state index >= 15 is 4.39 Å². The Hall–Kier alpha value is -4.87. The molecule has 1 atom stereocenters. The molecule has 1 aliphatic heterocycles. The van der Waals surface area contributed by atoms with Crippen LogP contribution < -0.4 is 4.90 Å². The number of amides is 1. The first-order valence-corrected chi connectivity index (χ1v) is 12.6. The lowest BCUT2D eigenvalue weighted by Crippen LogP contribution is -2.54. The van der Waals surface area contributed by atoms with Gasteiger partial charge in [0.15, 0.2) is 5.34 Å². The van der Waals surface area contributed by atoms with Gasteiger partial charge in [0.2, 0.25) is 5.91 Å². The SMILES string of the molecule is CC(C)C(=O)N1CCN(c2nccc3c2c(-c2ccccc2F)cn3-c2cc(C(=O)O)ccn2)C(C)C1.O=NO. The highest BCUT2D eigenvalue weighted by molar-refractivity contribution is 6.04. The van der Waals surface area contributed by atoms with Crippen LogP contribution in [0.4, 0.5) is 10.2 Å². The molecule has 11 nitrogen and oxygen atoms in total. The molecule has 12 heteroatoms. The Morgan fingerprint density at radius 3 is 2.42 bits per heavy atom. The second-order valence-corrected chi connectivity index (χ2v) is 9.69. The van der Waals surface area contributed by atoms with Gasteiger partial charge in [0.1, 0.15) is 17.5 Å². The predicted octanol–water partition coefficient (Wildman–Crippen LogP) is 4.76. The van der Waals surface area contributed by atoms with Crippen LogP contribution in [0.3, 0.4) is 0 Å². The fourth-order valence-corrected chi connectivity index (χ4v) is 4.98. The standard InChI is InChI=1S/C28H28FN5O3.HNO2/c1-17(2)27(35)32-12-13-33(18(3)15-32)26-25-21(20-6-4-5-7-22(20)29)16-34(23(25)9-11-31-26)24-14-19(28(36)37)8-10-30-24;2-1-3/h4-11,14,16-18H,12-13,15H2,1-3H3,(H,36,37);(H,2,3). The summed E-state index contributed by atoms with van der Waals surface area (Å²) >= 11 is 0. The number of halogens is 1. The zero-order chi connectivity index (χ0) is 29.0. The van der Waals surface area contributed by atoms with Crippen molar-refractivity contribution in [2.24, 2.45) is 11.3 Å². The number of hydrogen-bond acceptors (Lipinski definition) is 7. The summed E-state index contributed by atoms with van der Waals surface area (Å²) in [5.41, 5.74) is 1.88. The normalized spacial score (nSPS) is 15.1. The predicted molar refractivity (Wildman–Crippen MR) is 147 cm³/mol. The van der Waals surface area contributed by atoms with Crippen LogP contribution in [-0.2, 0) is 4.79 Å². The van der Waals surface area contributed by atoms with Crippen molar-refractivity contribution in [2.75, 3.05) is 24.5 Å². The number of hydrogen-bond donors (Lipinski definition) is 2. The maximum atomic E-state index is 15.1. The van der Waals surface area contributed by atoms with Crippen LogP contribution >= 0.6 is 0 Å². The summed E-state index contributed by atoms with van der Waals surface area (Å²) in [6.45, 7) is 7.57. The summed E-state index contributed by atoms with van der Waals surface area (Å²) in [5, 5.41) is 18.1. The van der Waals surface area contributed by atoms with Crippen molar-refractivity contribution in [3.63, 3.8) is 0 Å². The third-order valence-corrected chi connectivity index (χ3v) is 6.80. The summed E-state index contributed by atoms with van der Waals surface area (Å²) in [6, 6.07) is 11.3. The largest absolute Gasteiger partial charge is 0.478 e. The minimum absolute atomic E-state index is 0.0140. The van der Waals surface area contributed by atoms with E-state index in [-0.39, 0.29) is 29.2 Å². The number of fused-ring (bicyclic) bond motifs is 1. The first kappa shape index (κ1) is 28.1. The lowest BCUT2D eigenvalue weighted by atomic mass is 10.0. The summed E-state index contributed by atoms with van der Waals surface area (Å²) in [6.07, 6.45) is 4.92. The summed E-state index contributed by atoms with van der Waals surface area (Å²) in [5.74, 6) is -0.280. The number of nitrogens with zero attached hydrogens (tertiary/aromatic N) is 6. The first-order valence-electron chi connectivity index (χ1n) is 12.6. The van der Waals surface area contributed by atoms with Crippen molar-refractivity contribution in [1.29, 1.82) is 0 Å². The van der Waals surface area contributed by atoms with Crippen LogP contribution in [0.5, 0.6) is 0 Å². The molecular weight excluding hydrogens is 519 g/mol. The Labute approximate surface area is 229 Å². The number of pyridine rings is 2. The average molecular weight is 549 g/mol. The lowest BCUT2D eigenvalue weighted by molar-refractivity contribution is -0.135. The highest BCUT2D eigenvalue weighted by atomic mass is 19.1. The summed E-state index contributed by atoms with van der Waals surface area (Å²) in [4.78, 5) is 45.5. The van der Waals surface area contributed by atoms with Crippen LogP contribution in [0.2, 0.25) is 0 Å². The van der Waals surface area contributed by atoms with E-state index in [0.717, 1.165) is 10.9 Å². The van der Waals surface area contributed by atoms with Gasteiger partial charge in [-0.05, 0) is 31.2 Å². The van der Waals surface area contributed by atoms with Crippen molar-refractivity contribution in [2.45, 2.75) is 26.8 Å². The minimum Gasteiger partial charge on any atom is -0.478 e. The molecule has 2 N–H and O–H groups in total. The molecule has 5 rings (SSSR count). The van der Waals surface area contributed by atoms with Gasteiger partial charge in [-0.3, -0.25) is 4.79 Å². The van der Waals surface area contributed by atoms with Gasteiger partial charge in [-0.1, -0.05) is 32.0 Å². The topological polar surface area (TPSA) is 141 Å². The number of rotatable bonds is 5. The Morgan fingerprint density at radius 1 is 1.07 bits per heavy atom. The van der Waals surface area contributed by atoms with Crippen molar-refractivity contribution in [3.8, 4) is 16.9 Å². The monoisotopic (exact) mass is 548 g/mol. The van der Waals surface area contributed by atoms with Crippen LogP contribution in [0.1, 0.15) is 31.1 Å². The minimum atomic E-state index is -1.06. The van der Waals surface area contributed by atoms with Gasteiger partial charge in [0.05, 0.1) is 16.5 Å². The molecule has 208 valence electrons. The second kappa shape index (κ2) is 11.9. The number of aromatic carboxylic acids is 1. The van der Waals surface area contributed by atoms with E-state index in [2.05, 4.69) is 16.8 Å². The maximum absolute atomic E-state index is 15.1. The molecule has 4 aromatic rings. The quantitative estimate of drug-likeness (QED) is 0.269. The van der Waals surface area contributed by atoms with Gasteiger partial charge >= 0.3 is 5.97 Å². The van der Waals surface area contributed by atoms with Gasteiger partial charge in [0.25, 0.3) is 0 Å². The third-order valence-electron chi connectivity index (χ3n) is 6.80. The lowest BCUT2D eigenvalue weighted by Gasteiger charge is -2.41. The molecular formula is C28H29FN6O5. The Kier molecular flexibility index (Phi) is 8.37. The van der Waals surface area contributed by atoms with Crippen LogP contribution in [0.15, 0.2) is 66.4 Å².